The lowest BCUT2D eigenvalue weighted by molar-refractivity contribution is 0.170. The predicted octanol–water partition coefficient (Wildman–Crippen LogP) is 4.77. The van der Waals surface area contributed by atoms with E-state index in [-0.39, 0.29) is 12.1 Å². The van der Waals surface area contributed by atoms with Crippen molar-refractivity contribution in [2.45, 2.75) is 57.5 Å². The Hall–Kier alpha value is -1.22. The average Bonchev–Trinajstić information content (AvgIpc) is 2.53. The molecule has 21 heavy (non-hydrogen) atoms. The van der Waals surface area contributed by atoms with E-state index in [1.54, 1.807) is 0 Å². The van der Waals surface area contributed by atoms with Gasteiger partial charge in [-0.05, 0) is 37.0 Å². The van der Waals surface area contributed by atoms with Crippen LogP contribution in [0.25, 0.3) is 0 Å². The molecule has 1 aliphatic rings. The Kier molecular flexibility index (Phi) is 5.92. The molecule has 4 heteroatoms. The Morgan fingerprint density at radius 3 is 2.48 bits per heavy atom. The molecule has 0 spiro atoms. The van der Waals surface area contributed by atoms with Gasteiger partial charge in [-0.1, -0.05) is 49.9 Å². The second-order valence-electron chi connectivity index (χ2n) is 5.86. The van der Waals surface area contributed by atoms with Crippen molar-refractivity contribution >= 4 is 17.6 Å². The molecule has 0 aliphatic heterocycles. The maximum Gasteiger partial charge on any atom is 0.317 e. The lowest BCUT2D eigenvalue weighted by atomic mass is 9.95. The van der Waals surface area contributed by atoms with Crippen LogP contribution in [0.3, 0.4) is 0 Å². The summed E-state index contributed by atoms with van der Waals surface area (Å²) < 4.78 is 0. The van der Waals surface area contributed by atoms with Crippen molar-refractivity contribution in [3.63, 3.8) is 0 Å². The molecule has 1 saturated carbocycles. The smallest absolute Gasteiger partial charge is 0.317 e. The molecule has 0 heterocycles. The normalized spacial score (nSPS) is 17.3. The minimum atomic E-state index is 0.0312. The molecule has 1 aromatic rings. The molecule has 1 aromatic carbocycles. The number of rotatable bonds is 4. The van der Waals surface area contributed by atoms with E-state index < -0.39 is 0 Å². The summed E-state index contributed by atoms with van der Waals surface area (Å²) in [6.07, 6.45) is 6.89. The minimum absolute atomic E-state index is 0.0312. The Morgan fingerprint density at radius 1 is 1.29 bits per heavy atom. The van der Waals surface area contributed by atoms with Crippen LogP contribution in [0.15, 0.2) is 24.3 Å². The molecular weight excluding hydrogens is 284 g/mol. The van der Waals surface area contributed by atoms with Crippen molar-refractivity contribution in [2.75, 3.05) is 7.05 Å². The molecule has 1 atom stereocenters. The molecule has 1 unspecified atom stereocenters. The van der Waals surface area contributed by atoms with Crippen LogP contribution in [0.4, 0.5) is 4.79 Å². The van der Waals surface area contributed by atoms with Crippen molar-refractivity contribution < 1.29 is 4.79 Å². The SMILES string of the molecule is CCC(NC(=O)N(C)C1CCCCC1)c1ccc(Cl)cc1. The van der Waals surface area contributed by atoms with Crippen LogP contribution in [-0.4, -0.2) is 24.0 Å². The summed E-state index contributed by atoms with van der Waals surface area (Å²) in [4.78, 5) is 14.3. The van der Waals surface area contributed by atoms with E-state index in [1.165, 1.54) is 19.3 Å². The first-order chi connectivity index (χ1) is 10.1. The van der Waals surface area contributed by atoms with Crippen LogP contribution < -0.4 is 5.32 Å². The minimum Gasteiger partial charge on any atom is -0.331 e. The summed E-state index contributed by atoms with van der Waals surface area (Å²) in [7, 11) is 1.92. The van der Waals surface area contributed by atoms with Gasteiger partial charge in [0.25, 0.3) is 0 Å². The molecule has 0 aromatic heterocycles. The summed E-state index contributed by atoms with van der Waals surface area (Å²) in [6.45, 7) is 2.08. The number of urea groups is 1. The van der Waals surface area contributed by atoms with Crippen molar-refractivity contribution in [3.05, 3.63) is 34.9 Å². The van der Waals surface area contributed by atoms with Gasteiger partial charge in [0.15, 0.2) is 0 Å². The van der Waals surface area contributed by atoms with Gasteiger partial charge in [0.1, 0.15) is 0 Å². The second kappa shape index (κ2) is 7.69. The van der Waals surface area contributed by atoms with Crippen LogP contribution in [0.5, 0.6) is 0 Å². The zero-order valence-electron chi connectivity index (χ0n) is 12.9. The van der Waals surface area contributed by atoms with E-state index in [2.05, 4.69) is 12.2 Å². The number of hydrogen-bond acceptors (Lipinski definition) is 1. The third-order valence-corrected chi connectivity index (χ3v) is 4.67. The topological polar surface area (TPSA) is 32.3 Å². The number of hydrogen-bond donors (Lipinski definition) is 1. The third kappa shape index (κ3) is 4.37. The Balaban J connectivity index is 1.97. The van der Waals surface area contributed by atoms with Crippen molar-refractivity contribution in [1.29, 1.82) is 0 Å². The van der Waals surface area contributed by atoms with E-state index in [0.717, 1.165) is 29.8 Å². The number of carbonyl (C=O) groups is 1. The molecule has 2 rings (SSSR count). The molecule has 0 radical (unpaired) electrons. The first-order valence-electron chi connectivity index (χ1n) is 7.90. The Labute approximate surface area is 132 Å². The van der Waals surface area contributed by atoms with Crippen LogP contribution >= 0.6 is 11.6 Å². The van der Waals surface area contributed by atoms with Crippen LogP contribution in [0, 0.1) is 0 Å². The molecular formula is C17H25ClN2O. The highest BCUT2D eigenvalue weighted by Crippen LogP contribution is 2.23. The number of nitrogens with one attached hydrogen (secondary N) is 1. The van der Waals surface area contributed by atoms with Gasteiger partial charge in [-0.15, -0.1) is 0 Å². The van der Waals surface area contributed by atoms with Gasteiger partial charge in [0, 0.05) is 18.1 Å². The number of halogens is 1. The molecule has 2 amide bonds. The molecule has 0 bridgehead atoms. The van der Waals surface area contributed by atoms with Gasteiger partial charge < -0.3 is 10.2 Å². The van der Waals surface area contributed by atoms with Gasteiger partial charge in [0.2, 0.25) is 0 Å². The summed E-state index contributed by atoms with van der Waals surface area (Å²) >= 11 is 5.92. The lowest BCUT2D eigenvalue weighted by Gasteiger charge is -2.32. The molecule has 1 N–H and O–H groups in total. The summed E-state index contributed by atoms with van der Waals surface area (Å²) in [5.41, 5.74) is 1.10. The number of carbonyl (C=O) groups excluding carboxylic acids is 1. The fraction of sp³-hybridized carbons (Fsp3) is 0.588. The lowest BCUT2D eigenvalue weighted by Crippen LogP contribution is -2.45. The molecule has 1 fully saturated rings. The van der Waals surface area contributed by atoms with Crippen molar-refractivity contribution in [2.24, 2.45) is 0 Å². The number of amides is 2. The van der Waals surface area contributed by atoms with Gasteiger partial charge in [-0.25, -0.2) is 4.79 Å². The van der Waals surface area contributed by atoms with E-state index in [4.69, 9.17) is 11.6 Å². The third-order valence-electron chi connectivity index (χ3n) is 4.42. The maximum atomic E-state index is 12.4. The number of nitrogens with zero attached hydrogens (tertiary/aromatic N) is 1. The van der Waals surface area contributed by atoms with E-state index in [1.807, 2.05) is 36.2 Å². The van der Waals surface area contributed by atoms with E-state index in [0.29, 0.717) is 6.04 Å². The van der Waals surface area contributed by atoms with Gasteiger partial charge in [-0.3, -0.25) is 0 Å². The van der Waals surface area contributed by atoms with Crippen molar-refractivity contribution in [1.82, 2.24) is 10.2 Å². The standard InChI is InChI=1S/C17H25ClN2O/c1-3-16(13-9-11-14(18)12-10-13)19-17(21)20(2)15-7-5-4-6-8-15/h9-12,15-16H,3-8H2,1-2H3,(H,19,21). The van der Waals surface area contributed by atoms with Gasteiger partial charge >= 0.3 is 6.03 Å². The highest BCUT2D eigenvalue weighted by Gasteiger charge is 2.23. The Morgan fingerprint density at radius 2 is 1.90 bits per heavy atom. The van der Waals surface area contributed by atoms with Crippen LogP contribution in [0.1, 0.15) is 57.1 Å². The van der Waals surface area contributed by atoms with Crippen LogP contribution in [-0.2, 0) is 0 Å². The van der Waals surface area contributed by atoms with E-state index in [9.17, 15) is 4.79 Å². The molecule has 1 aliphatic carbocycles. The zero-order chi connectivity index (χ0) is 15.2. The monoisotopic (exact) mass is 308 g/mol. The van der Waals surface area contributed by atoms with Gasteiger partial charge in [0.05, 0.1) is 6.04 Å². The first kappa shape index (κ1) is 16.2. The first-order valence-corrected chi connectivity index (χ1v) is 8.28. The predicted molar refractivity (Wildman–Crippen MR) is 87.7 cm³/mol. The quantitative estimate of drug-likeness (QED) is 0.854. The second-order valence-corrected chi connectivity index (χ2v) is 6.30. The van der Waals surface area contributed by atoms with Crippen molar-refractivity contribution in [3.8, 4) is 0 Å². The van der Waals surface area contributed by atoms with Gasteiger partial charge in [-0.2, -0.15) is 0 Å². The highest BCUT2D eigenvalue weighted by molar-refractivity contribution is 6.30. The maximum absolute atomic E-state index is 12.4. The Bertz CT molecular complexity index is 454. The number of benzene rings is 1. The average molecular weight is 309 g/mol. The van der Waals surface area contributed by atoms with Crippen LogP contribution in [0.2, 0.25) is 5.02 Å². The molecule has 3 nitrogen and oxygen atoms in total. The molecule has 116 valence electrons. The fourth-order valence-corrected chi connectivity index (χ4v) is 3.13. The largest absolute Gasteiger partial charge is 0.331 e. The summed E-state index contributed by atoms with van der Waals surface area (Å²) in [6, 6.07) is 8.17. The summed E-state index contributed by atoms with van der Waals surface area (Å²) in [5, 5.41) is 3.86. The molecule has 0 saturated heterocycles. The fourth-order valence-electron chi connectivity index (χ4n) is 3.00. The summed E-state index contributed by atoms with van der Waals surface area (Å²) in [5.74, 6) is 0. The highest BCUT2D eigenvalue weighted by atomic mass is 35.5. The zero-order valence-corrected chi connectivity index (χ0v) is 13.7. The van der Waals surface area contributed by atoms with E-state index >= 15 is 0 Å².